The molecule has 0 saturated carbocycles. The van der Waals surface area contributed by atoms with E-state index in [-0.39, 0.29) is 11.9 Å². The SMILES string of the molecule is Cc1ccc(C2CCCN2C(C)C(=O)NCc2ccccc2C)s1. The van der Waals surface area contributed by atoms with Crippen LogP contribution in [-0.4, -0.2) is 23.4 Å². The van der Waals surface area contributed by atoms with Crippen LogP contribution in [0.2, 0.25) is 0 Å². The Morgan fingerprint density at radius 1 is 1.29 bits per heavy atom. The first-order valence-electron chi connectivity index (χ1n) is 8.70. The van der Waals surface area contributed by atoms with E-state index in [4.69, 9.17) is 0 Å². The maximum Gasteiger partial charge on any atom is 0.237 e. The van der Waals surface area contributed by atoms with E-state index in [0.717, 1.165) is 19.4 Å². The minimum atomic E-state index is -0.0936. The van der Waals surface area contributed by atoms with Gasteiger partial charge in [-0.05, 0) is 63.4 Å². The van der Waals surface area contributed by atoms with Crippen molar-refractivity contribution in [3.8, 4) is 0 Å². The van der Waals surface area contributed by atoms with Crippen LogP contribution in [0, 0.1) is 13.8 Å². The van der Waals surface area contributed by atoms with Gasteiger partial charge >= 0.3 is 0 Å². The van der Waals surface area contributed by atoms with Crippen molar-refractivity contribution in [3.63, 3.8) is 0 Å². The molecule has 24 heavy (non-hydrogen) atoms. The van der Waals surface area contributed by atoms with E-state index in [2.05, 4.69) is 48.3 Å². The van der Waals surface area contributed by atoms with Crippen LogP contribution in [0.5, 0.6) is 0 Å². The van der Waals surface area contributed by atoms with Crippen LogP contribution >= 0.6 is 11.3 Å². The van der Waals surface area contributed by atoms with E-state index in [1.165, 1.54) is 20.9 Å². The van der Waals surface area contributed by atoms with Gasteiger partial charge in [-0.3, -0.25) is 9.69 Å². The molecule has 1 saturated heterocycles. The quantitative estimate of drug-likeness (QED) is 0.883. The van der Waals surface area contributed by atoms with Gasteiger partial charge < -0.3 is 5.32 Å². The Bertz CT molecular complexity index is 709. The van der Waals surface area contributed by atoms with Crippen molar-refractivity contribution in [1.82, 2.24) is 10.2 Å². The van der Waals surface area contributed by atoms with Crippen molar-refractivity contribution >= 4 is 17.2 Å². The number of nitrogens with zero attached hydrogens (tertiary/aromatic N) is 1. The number of thiophene rings is 1. The lowest BCUT2D eigenvalue weighted by Gasteiger charge is -2.29. The summed E-state index contributed by atoms with van der Waals surface area (Å²) in [5.74, 6) is 0.124. The fraction of sp³-hybridized carbons (Fsp3) is 0.450. The van der Waals surface area contributed by atoms with Crippen LogP contribution < -0.4 is 5.32 Å². The second-order valence-corrected chi connectivity index (χ2v) is 7.98. The molecule has 3 rings (SSSR count). The number of carbonyl (C=O) groups is 1. The highest BCUT2D eigenvalue weighted by Crippen LogP contribution is 2.37. The number of rotatable bonds is 5. The molecular formula is C20H26N2OS. The third-order valence-electron chi connectivity index (χ3n) is 4.98. The van der Waals surface area contributed by atoms with E-state index < -0.39 is 0 Å². The molecule has 3 nitrogen and oxygen atoms in total. The standard InChI is InChI=1S/C20H26N2OS/c1-14-7-4-5-8-17(14)13-21-20(23)16(3)22-12-6-9-18(22)19-11-10-15(2)24-19/h4-5,7-8,10-11,16,18H,6,9,12-13H2,1-3H3,(H,21,23). The average molecular weight is 343 g/mol. The Balaban J connectivity index is 1.63. The number of carbonyl (C=O) groups excluding carboxylic acids is 1. The van der Waals surface area contributed by atoms with Crippen molar-refractivity contribution < 1.29 is 4.79 Å². The lowest BCUT2D eigenvalue weighted by molar-refractivity contribution is -0.126. The van der Waals surface area contributed by atoms with Gasteiger partial charge in [-0.25, -0.2) is 0 Å². The second-order valence-electron chi connectivity index (χ2n) is 6.66. The van der Waals surface area contributed by atoms with E-state index in [9.17, 15) is 4.79 Å². The summed E-state index contributed by atoms with van der Waals surface area (Å²) in [6.45, 7) is 7.87. The van der Waals surface area contributed by atoms with Crippen molar-refractivity contribution in [2.75, 3.05) is 6.54 Å². The number of amides is 1. The van der Waals surface area contributed by atoms with E-state index in [1.807, 2.05) is 30.4 Å². The number of likely N-dealkylation sites (tertiary alicyclic amines) is 1. The van der Waals surface area contributed by atoms with Gasteiger partial charge in [0, 0.05) is 22.3 Å². The molecule has 128 valence electrons. The third kappa shape index (κ3) is 3.70. The van der Waals surface area contributed by atoms with Crippen LogP contribution in [0.15, 0.2) is 36.4 Å². The van der Waals surface area contributed by atoms with Crippen LogP contribution in [0.1, 0.15) is 46.7 Å². The zero-order valence-corrected chi connectivity index (χ0v) is 15.5. The average Bonchev–Trinajstić information content (AvgIpc) is 3.21. The zero-order chi connectivity index (χ0) is 17.1. The summed E-state index contributed by atoms with van der Waals surface area (Å²) in [5.41, 5.74) is 2.41. The molecule has 0 spiro atoms. The molecule has 1 amide bonds. The molecule has 1 aromatic heterocycles. The van der Waals surface area contributed by atoms with Gasteiger partial charge in [0.15, 0.2) is 0 Å². The zero-order valence-electron chi connectivity index (χ0n) is 14.7. The molecule has 4 heteroatoms. The summed E-state index contributed by atoms with van der Waals surface area (Å²) >= 11 is 1.86. The smallest absolute Gasteiger partial charge is 0.237 e. The fourth-order valence-corrected chi connectivity index (χ4v) is 4.51. The van der Waals surface area contributed by atoms with Gasteiger partial charge in [-0.15, -0.1) is 11.3 Å². The fourth-order valence-electron chi connectivity index (χ4n) is 3.48. The lowest BCUT2D eigenvalue weighted by Crippen LogP contribution is -2.44. The highest BCUT2D eigenvalue weighted by Gasteiger charge is 2.33. The highest BCUT2D eigenvalue weighted by molar-refractivity contribution is 7.12. The minimum Gasteiger partial charge on any atom is -0.351 e. The Morgan fingerprint density at radius 3 is 2.79 bits per heavy atom. The van der Waals surface area contributed by atoms with Gasteiger partial charge in [0.05, 0.1) is 6.04 Å². The van der Waals surface area contributed by atoms with Crippen LogP contribution in [0.3, 0.4) is 0 Å². The molecule has 1 N–H and O–H groups in total. The maximum atomic E-state index is 12.6. The number of hydrogen-bond donors (Lipinski definition) is 1. The second kappa shape index (κ2) is 7.49. The molecule has 2 aromatic rings. The van der Waals surface area contributed by atoms with E-state index >= 15 is 0 Å². The molecular weight excluding hydrogens is 316 g/mol. The molecule has 1 aliphatic rings. The number of benzene rings is 1. The molecule has 1 aliphatic heterocycles. The first-order chi connectivity index (χ1) is 11.6. The van der Waals surface area contributed by atoms with Crippen molar-refractivity contribution in [1.29, 1.82) is 0 Å². The van der Waals surface area contributed by atoms with Crippen LogP contribution in [0.4, 0.5) is 0 Å². The molecule has 0 radical (unpaired) electrons. The molecule has 2 heterocycles. The van der Waals surface area contributed by atoms with E-state index in [1.54, 1.807) is 0 Å². The van der Waals surface area contributed by atoms with Gasteiger partial charge in [0.1, 0.15) is 0 Å². The molecule has 0 aliphatic carbocycles. The molecule has 1 aromatic carbocycles. The van der Waals surface area contributed by atoms with Gasteiger partial charge in [0.25, 0.3) is 0 Å². The van der Waals surface area contributed by atoms with Gasteiger partial charge in [0.2, 0.25) is 5.91 Å². The molecule has 0 bridgehead atoms. The van der Waals surface area contributed by atoms with Crippen LogP contribution in [0.25, 0.3) is 0 Å². The monoisotopic (exact) mass is 342 g/mol. The van der Waals surface area contributed by atoms with Crippen molar-refractivity contribution in [2.24, 2.45) is 0 Å². The molecule has 2 unspecified atom stereocenters. The first kappa shape index (κ1) is 17.2. The maximum absolute atomic E-state index is 12.6. The Hall–Kier alpha value is -1.65. The number of aryl methyl sites for hydroxylation is 2. The summed E-state index contributed by atoms with van der Waals surface area (Å²) in [7, 11) is 0. The summed E-state index contributed by atoms with van der Waals surface area (Å²) in [4.78, 5) is 17.7. The summed E-state index contributed by atoms with van der Waals surface area (Å²) in [6, 6.07) is 12.9. The predicted octanol–water partition coefficient (Wildman–Crippen LogP) is 4.21. The Morgan fingerprint density at radius 2 is 2.08 bits per heavy atom. The summed E-state index contributed by atoms with van der Waals surface area (Å²) in [6.07, 6.45) is 2.31. The third-order valence-corrected chi connectivity index (χ3v) is 6.08. The molecule has 1 fully saturated rings. The largest absolute Gasteiger partial charge is 0.351 e. The topological polar surface area (TPSA) is 32.3 Å². The number of nitrogens with one attached hydrogen (secondary N) is 1. The Labute approximate surface area is 148 Å². The van der Waals surface area contributed by atoms with Crippen molar-refractivity contribution in [2.45, 2.75) is 52.2 Å². The van der Waals surface area contributed by atoms with E-state index in [0.29, 0.717) is 12.6 Å². The summed E-state index contributed by atoms with van der Waals surface area (Å²) < 4.78 is 0. The Kier molecular flexibility index (Phi) is 5.36. The highest BCUT2D eigenvalue weighted by atomic mass is 32.1. The minimum absolute atomic E-state index is 0.0936. The molecule has 2 atom stereocenters. The predicted molar refractivity (Wildman–Crippen MR) is 100 cm³/mol. The lowest BCUT2D eigenvalue weighted by atomic mass is 10.1. The number of hydrogen-bond acceptors (Lipinski definition) is 3. The van der Waals surface area contributed by atoms with Gasteiger partial charge in [-0.1, -0.05) is 24.3 Å². The van der Waals surface area contributed by atoms with Crippen molar-refractivity contribution in [3.05, 3.63) is 57.3 Å². The van der Waals surface area contributed by atoms with Crippen LogP contribution in [-0.2, 0) is 11.3 Å². The first-order valence-corrected chi connectivity index (χ1v) is 9.52. The normalized spacial score (nSPS) is 19.4. The summed E-state index contributed by atoms with van der Waals surface area (Å²) in [5, 5.41) is 3.12. The van der Waals surface area contributed by atoms with Gasteiger partial charge in [-0.2, -0.15) is 0 Å².